The van der Waals surface area contributed by atoms with Gasteiger partial charge < -0.3 is 15.5 Å². The van der Waals surface area contributed by atoms with E-state index in [0.29, 0.717) is 10.8 Å². The van der Waals surface area contributed by atoms with Gasteiger partial charge in [-0.05, 0) is 118 Å². The van der Waals surface area contributed by atoms with E-state index in [2.05, 4.69) is 72.7 Å². The SMILES string of the molecule is CN(C)[C@H]1CC[C@H]2[C@@H]3CC[C@H]4C[C@@H](NC(=O)N[C@@H](Cc5ccccc5)c5nccs5)CC[C@]4(C)[C@H]3CC[C@]12C. The molecule has 2 amide bonds. The number of carbonyl (C=O) groups is 1. The van der Waals surface area contributed by atoms with Crippen LogP contribution in [0.15, 0.2) is 41.9 Å². The van der Waals surface area contributed by atoms with Gasteiger partial charge in [-0.1, -0.05) is 44.2 Å². The fraction of sp³-hybridized carbons (Fsp3) is 0.697. The normalized spacial score (nSPS) is 38.4. The van der Waals surface area contributed by atoms with Crippen LogP contribution in [0.1, 0.15) is 88.2 Å². The molecule has 0 aliphatic heterocycles. The number of fused-ring (bicyclic) bond motifs is 5. The molecule has 0 spiro atoms. The first-order chi connectivity index (χ1) is 18.8. The Kier molecular flexibility index (Phi) is 7.56. The largest absolute Gasteiger partial charge is 0.335 e. The van der Waals surface area contributed by atoms with Gasteiger partial charge >= 0.3 is 6.03 Å². The molecule has 1 aromatic heterocycles. The van der Waals surface area contributed by atoms with Crippen LogP contribution < -0.4 is 10.6 Å². The number of benzene rings is 1. The molecule has 9 atom stereocenters. The minimum Gasteiger partial charge on any atom is -0.335 e. The van der Waals surface area contributed by atoms with E-state index in [1.165, 1.54) is 50.5 Å². The summed E-state index contributed by atoms with van der Waals surface area (Å²) in [5.74, 6) is 3.40. The lowest BCUT2D eigenvalue weighted by Crippen LogP contribution is -2.57. The Morgan fingerprint density at radius 1 is 1.03 bits per heavy atom. The minimum atomic E-state index is -0.106. The van der Waals surface area contributed by atoms with Crippen molar-refractivity contribution in [2.75, 3.05) is 14.1 Å². The molecule has 2 N–H and O–H groups in total. The molecule has 6 rings (SSSR count). The van der Waals surface area contributed by atoms with E-state index in [0.717, 1.165) is 54.0 Å². The van der Waals surface area contributed by atoms with E-state index in [9.17, 15) is 4.79 Å². The van der Waals surface area contributed by atoms with Crippen LogP contribution in [0.2, 0.25) is 0 Å². The number of hydrogen-bond acceptors (Lipinski definition) is 4. The maximum Gasteiger partial charge on any atom is 0.315 e. The Morgan fingerprint density at radius 2 is 1.79 bits per heavy atom. The molecular weight excluding hydrogens is 500 g/mol. The van der Waals surface area contributed by atoms with Crippen LogP contribution in [-0.4, -0.2) is 42.1 Å². The van der Waals surface area contributed by atoms with Crippen molar-refractivity contribution in [2.24, 2.45) is 34.5 Å². The van der Waals surface area contributed by atoms with Crippen LogP contribution in [0.3, 0.4) is 0 Å². The van der Waals surface area contributed by atoms with Crippen LogP contribution in [0.25, 0.3) is 0 Å². The van der Waals surface area contributed by atoms with Crippen molar-refractivity contribution in [1.82, 2.24) is 20.5 Å². The van der Waals surface area contributed by atoms with Crippen LogP contribution in [-0.2, 0) is 6.42 Å². The van der Waals surface area contributed by atoms with Crippen LogP contribution >= 0.6 is 11.3 Å². The second-order valence-corrected chi connectivity index (χ2v) is 14.9. The van der Waals surface area contributed by atoms with Crippen molar-refractivity contribution in [1.29, 1.82) is 0 Å². The summed E-state index contributed by atoms with van der Waals surface area (Å²) in [6.45, 7) is 5.25. The molecule has 2 aromatic rings. The summed E-state index contributed by atoms with van der Waals surface area (Å²) in [4.78, 5) is 20.3. The Hall–Kier alpha value is -1.92. The monoisotopic (exact) mass is 548 g/mol. The molecule has 0 unspecified atom stereocenters. The summed E-state index contributed by atoms with van der Waals surface area (Å²) in [5, 5.41) is 9.64. The second-order valence-electron chi connectivity index (χ2n) is 14.0. The van der Waals surface area contributed by atoms with E-state index in [4.69, 9.17) is 0 Å². The van der Waals surface area contributed by atoms with Gasteiger partial charge in [-0.2, -0.15) is 0 Å². The van der Waals surface area contributed by atoms with E-state index in [1.807, 2.05) is 17.6 Å². The molecule has 1 heterocycles. The minimum absolute atomic E-state index is 0.0393. The Morgan fingerprint density at radius 3 is 2.54 bits per heavy atom. The summed E-state index contributed by atoms with van der Waals surface area (Å²) in [5.41, 5.74) is 2.15. The zero-order valence-electron chi connectivity index (χ0n) is 24.4. The molecule has 0 radical (unpaired) electrons. The van der Waals surface area contributed by atoms with Crippen molar-refractivity contribution >= 4 is 17.4 Å². The summed E-state index contributed by atoms with van der Waals surface area (Å²) >= 11 is 1.61. The third-order valence-corrected chi connectivity index (χ3v) is 12.8. The number of hydrogen-bond donors (Lipinski definition) is 2. The average molecular weight is 549 g/mol. The topological polar surface area (TPSA) is 57.3 Å². The average Bonchev–Trinajstić information content (AvgIpc) is 3.57. The fourth-order valence-electron chi connectivity index (χ4n) is 10.1. The smallest absolute Gasteiger partial charge is 0.315 e. The van der Waals surface area contributed by atoms with Gasteiger partial charge in [-0.15, -0.1) is 11.3 Å². The zero-order chi connectivity index (χ0) is 27.2. The quantitative estimate of drug-likeness (QED) is 0.406. The van der Waals surface area contributed by atoms with Gasteiger partial charge in [-0.25, -0.2) is 9.78 Å². The van der Waals surface area contributed by atoms with Crippen LogP contribution in [0.5, 0.6) is 0 Å². The highest BCUT2D eigenvalue weighted by Crippen LogP contribution is 2.66. The number of thiazole rings is 1. The molecule has 39 heavy (non-hydrogen) atoms. The molecule has 4 aliphatic rings. The molecule has 0 bridgehead atoms. The second kappa shape index (κ2) is 10.8. The molecular formula is C33H48N4OS. The molecule has 5 nitrogen and oxygen atoms in total. The molecule has 4 fully saturated rings. The number of urea groups is 1. The van der Waals surface area contributed by atoms with Gasteiger partial charge in [0, 0.05) is 23.7 Å². The number of amides is 2. The third kappa shape index (κ3) is 5.05. The first kappa shape index (κ1) is 27.3. The molecule has 4 saturated carbocycles. The lowest BCUT2D eigenvalue weighted by molar-refractivity contribution is -0.115. The number of carbonyl (C=O) groups excluding carboxylic acids is 1. The van der Waals surface area contributed by atoms with Gasteiger partial charge in [-0.3, -0.25) is 0 Å². The predicted octanol–water partition coefficient (Wildman–Crippen LogP) is 7.07. The highest BCUT2D eigenvalue weighted by molar-refractivity contribution is 7.09. The number of nitrogens with zero attached hydrogens (tertiary/aromatic N) is 2. The molecule has 212 valence electrons. The van der Waals surface area contributed by atoms with Crippen molar-refractivity contribution < 1.29 is 4.79 Å². The standard InChI is InChI=1S/C33H48N4OS/c1-32-16-14-24(35-31(38)36-28(30-34-18-19-39-30)20-22-8-6-5-7-9-22)21-23(32)10-11-25-26-12-13-29(37(3)4)33(26,2)17-15-27(25)32/h5-9,18-19,23-29H,10-17,20-21H2,1-4H3,(H2,35,36,38)/t23-,24-,25-,26-,27-,28-,29-,32-,33-/m0/s1. The van der Waals surface area contributed by atoms with E-state index < -0.39 is 0 Å². The van der Waals surface area contributed by atoms with Crippen molar-refractivity contribution in [3.63, 3.8) is 0 Å². The van der Waals surface area contributed by atoms with Gasteiger partial charge in [0.2, 0.25) is 0 Å². The van der Waals surface area contributed by atoms with E-state index in [1.54, 1.807) is 11.3 Å². The van der Waals surface area contributed by atoms with E-state index in [-0.39, 0.29) is 18.1 Å². The molecule has 0 saturated heterocycles. The maximum absolute atomic E-state index is 13.3. The van der Waals surface area contributed by atoms with Gasteiger partial charge in [0.05, 0.1) is 6.04 Å². The number of nitrogens with one attached hydrogen (secondary N) is 2. The van der Waals surface area contributed by atoms with Gasteiger partial charge in [0.15, 0.2) is 0 Å². The Labute approximate surface area is 239 Å². The van der Waals surface area contributed by atoms with Crippen molar-refractivity contribution in [2.45, 2.75) is 96.2 Å². The summed E-state index contributed by atoms with van der Waals surface area (Å²) < 4.78 is 0. The van der Waals surface area contributed by atoms with Crippen LogP contribution in [0, 0.1) is 34.5 Å². The Balaban J connectivity index is 1.09. The maximum atomic E-state index is 13.3. The van der Waals surface area contributed by atoms with Crippen molar-refractivity contribution in [3.8, 4) is 0 Å². The highest BCUT2D eigenvalue weighted by Gasteiger charge is 2.60. The lowest BCUT2D eigenvalue weighted by atomic mass is 9.45. The summed E-state index contributed by atoms with van der Waals surface area (Å²) in [6, 6.07) is 11.3. The lowest BCUT2D eigenvalue weighted by Gasteiger charge is -2.61. The van der Waals surface area contributed by atoms with E-state index >= 15 is 0 Å². The summed E-state index contributed by atoms with van der Waals surface area (Å²) in [7, 11) is 4.60. The van der Waals surface area contributed by atoms with Gasteiger partial charge in [0.1, 0.15) is 5.01 Å². The molecule has 6 heteroatoms. The molecule has 4 aliphatic carbocycles. The number of aromatic nitrogens is 1. The Bertz CT molecular complexity index is 1120. The third-order valence-electron chi connectivity index (χ3n) is 11.9. The first-order valence-electron chi connectivity index (χ1n) is 15.4. The predicted molar refractivity (Wildman–Crippen MR) is 160 cm³/mol. The number of rotatable bonds is 6. The summed E-state index contributed by atoms with van der Waals surface area (Å²) in [6.07, 6.45) is 14.4. The fourth-order valence-corrected chi connectivity index (χ4v) is 10.7. The first-order valence-corrected chi connectivity index (χ1v) is 16.3. The molecule has 1 aromatic carbocycles. The van der Waals surface area contributed by atoms with Crippen molar-refractivity contribution in [3.05, 3.63) is 52.5 Å². The van der Waals surface area contributed by atoms with Gasteiger partial charge in [0.25, 0.3) is 0 Å². The van der Waals surface area contributed by atoms with Crippen LogP contribution in [0.4, 0.5) is 4.79 Å². The zero-order valence-corrected chi connectivity index (χ0v) is 25.2. The highest BCUT2D eigenvalue weighted by atomic mass is 32.1.